The molecule has 220 valence electrons. The van der Waals surface area contributed by atoms with E-state index in [1.54, 1.807) is 18.0 Å². The van der Waals surface area contributed by atoms with E-state index in [0.29, 0.717) is 17.9 Å². The van der Waals surface area contributed by atoms with Crippen molar-refractivity contribution < 1.29 is 23.8 Å². The van der Waals surface area contributed by atoms with E-state index in [1.165, 1.54) is 23.1 Å². The number of anilines is 1. The number of urea groups is 1. The second kappa shape index (κ2) is 12.3. The molecule has 1 aliphatic rings. The molecule has 42 heavy (non-hydrogen) atoms. The van der Waals surface area contributed by atoms with Crippen molar-refractivity contribution in [2.75, 3.05) is 32.1 Å². The lowest BCUT2D eigenvalue weighted by atomic mass is 9.96. The summed E-state index contributed by atoms with van der Waals surface area (Å²) in [6.45, 7) is 4.43. The SMILES string of the molecule is C[C@H]1CN([C@@H](C)CO)C(=O)c2c(c3ccccc3n2C)-c2ccccc2CO[C@H]1CN(C)C(=O)Nc1cccc(F)c1. The van der Waals surface area contributed by atoms with Crippen LogP contribution in [0.4, 0.5) is 14.9 Å². The molecule has 5 rings (SSSR count). The van der Waals surface area contributed by atoms with E-state index < -0.39 is 24.0 Å². The Hall–Kier alpha value is -4.21. The van der Waals surface area contributed by atoms with Gasteiger partial charge in [0.1, 0.15) is 11.5 Å². The highest BCUT2D eigenvalue weighted by Crippen LogP contribution is 2.38. The number of hydrogen-bond donors (Lipinski definition) is 2. The van der Waals surface area contributed by atoms with Gasteiger partial charge in [-0.1, -0.05) is 55.5 Å². The molecule has 0 saturated carbocycles. The summed E-state index contributed by atoms with van der Waals surface area (Å²) in [5.41, 5.74) is 4.52. The molecule has 0 fully saturated rings. The molecule has 0 radical (unpaired) electrons. The highest BCUT2D eigenvalue weighted by atomic mass is 19.1. The van der Waals surface area contributed by atoms with Gasteiger partial charge in [-0.15, -0.1) is 0 Å². The number of para-hydroxylation sites is 1. The van der Waals surface area contributed by atoms with E-state index in [0.717, 1.165) is 27.6 Å². The largest absolute Gasteiger partial charge is 0.394 e. The van der Waals surface area contributed by atoms with Crippen LogP contribution in [-0.4, -0.2) is 70.3 Å². The van der Waals surface area contributed by atoms with Crippen LogP contribution in [0.3, 0.4) is 0 Å². The molecule has 1 aliphatic heterocycles. The molecular weight excluding hydrogens is 535 g/mol. The number of hydrogen-bond acceptors (Lipinski definition) is 4. The molecule has 3 amide bonds. The third-order valence-corrected chi connectivity index (χ3v) is 8.10. The summed E-state index contributed by atoms with van der Waals surface area (Å²) in [7, 11) is 3.56. The van der Waals surface area contributed by atoms with Crippen molar-refractivity contribution in [1.82, 2.24) is 14.4 Å². The smallest absolute Gasteiger partial charge is 0.321 e. The van der Waals surface area contributed by atoms with Gasteiger partial charge in [0.2, 0.25) is 0 Å². The van der Waals surface area contributed by atoms with Crippen LogP contribution in [0.15, 0.2) is 72.8 Å². The molecule has 2 heterocycles. The van der Waals surface area contributed by atoms with E-state index in [9.17, 15) is 19.1 Å². The molecule has 3 aromatic carbocycles. The Kier molecular flexibility index (Phi) is 8.61. The number of benzene rings is 3. The van der Waals surface area contributed by atoms with Gasteiger partial charge in [0, 0.05) is 55.3 Å². The number of halogens is 1. The Morgan fingerprint density at radius 3 is 2.64 bits per heavy atom. The Bertz CT molecular complexity index is 1600. The van der Waals surface area contributed by atoms with Gasteiger partial charge < -0.3 is 29.5 Å². The van der Waals surface area contributed by atoms with Crippen molar-refractivity contribution in [3.63, 3.8) is 0 Å². The fourth-order valence-electron chi connectivity index (χ4n) is 5.66. The number of carbonyl (C=O) groups is 2. The lowest BCUT2D eigenvalue weighted by Crippen LogP contribution is -2.48. The average Bonchev–Trinajstić information content (AvgIpc) is 3.28. The number of aliphatic hydroxyl groups excluding tert-OH is 1. The average molecular weight is 573 g/mol. The van der Waals surface area contributed by atoms with Crippen molar-refractivity contribution in [2.24, 2.45) is 13.0 Å². The number of amides is 3. The lowest BCUT2D eigenvalue weighted by molar-refractivity contribution is -0.0179. The second-order valence-corrected chi connectivity index (χ2v) is 11.1. The molecule has 0 saturated heterocycles. The molecule has 8 nitrogen and oxygen atoms in total. The zero-order valence-corrected chi connectivity index (χ0v) is 24.4. The van der Waals surface area contributed by atoms with E-state index in [-0.39, 0.29) is 31.6 Å². The first kappa shape index (κ1) is 29.3. The minimum absolute atomic E-state index is 0.176. The van der Waals surface area contributed by atoms with Crippen LogP contribution >= 0.6 is 0 Å². The topological polar surface area (TPSA) is 87.0 Å². The maximum Gasteiger partial charge on any atom is 0.321 e. The fourth-order valence-corrected chi connectivity index (χ4v) is 5.66. The predicted octanol–water partition coefficient (Wildman–Crippen LogP) is 5.51. The third kappa shape index (κ3) is 5.75. The summed E-state index contributed by atoms with van der Waals surface area (Å²) in [5.74, 6) is -0.813. The monoisotopic (exact) mass is 572 g/mol. The predicted molar refractivity (Wildman–Crippen MR) is 162 cm³/mol. The van der Waals surface area contributed by atoms with Crippen LogP contribution in [0.5, 0.6) is 0 Å². The Morgan fingerprint density at radius 1 is 1.14 bits per heavy atom. The number of aromatic nitrogens is 1. The molecule has 1 aromatic heterocycles. The van der Waals surface area contributed by atoms with Crippen molar-refractivity contribution in [3.05, 3.63) is 89.9 Å². The summed E-state index contributed by atoms with van der Waals surface area (Å²) in [5, 5.41) is 13.9. The number of aryl methyl sites for hydroxylation is 1. The minimum Gasteiger partial charge on any atom is -0.394 e. The summed E-state index contributed by atoms with van der Waals surface area (Å²) < 4.78 is 22.1. The Morgan fingerprint density at radius 2 is 1.88 bits per heavy atom. The molecule has 0 spiro atoms. The van der Waals surface area contributed by atoms with E-state index in [2.05, 4.69) is 5.32 Å². The van der Waals surface area contributed by atoms with Crippen LogP contribution in [0.1, 0.15) is 29.9 Å². The number of aliphatic hydroxyl groups is 1. The number of nitrogens with zero attached hydrogens (tertiary/aromatic N) is 3. The summed E-state index contributed by atoms with van der Waals surface area (Å²) in [6.07, 6.45) is -0.444. The van der Waals surface area contributed by atoms with Gasteiger partial charge in [-0.25, -0.2) is 9.18 Å². The standard InChI is InChI=1S/C33H37FN4O4/c1-21-17-38(22(2)19-39)32(40)31-30(27-14-7-8-15-28(27)37(31)4)26-13-6-5-10-23(26)20-42-29(21)18-36(3)33(41)35-25-12-9-11-24(34)16-25/h5-16,21-22,29,39H,17-20H2,1-4H3,(H,35,41)/t21-,22-,29-/m0/s1. The fraction of sp³-hybridized carbons (Fsp3) is 0.333. The van der Waals surface area contributed by atoms with E-state index >= 15 is 0 Å². The van der Waals surface area contributed by atoms with Gasteiger partial charge in [0.05, 0.1) is 25.4 Å². The first-order valence-electron chi connectivity index (χ1n) is 14.2. The number of rotatable bonds is 5. The zero-order valence-electron chi connectivity index (χ0n) is 24.4. The number of ether oxygens (including phenoxy) is 1. The Labute approximate surface area is 245 Å². The minimum atomic E-state index is -0.448. The maximum atomic E-state index is 14.4. The normalized spacial score (nSPS) is 18.1. The van der Waals surface area contributed by atoms with Gasteiger partial charge >= 0.3 is 6.03 Å². The van der Waals surface area contributed by atoms with E-state index in [4.69, 9.17) is 4.74 Å². The maximum absolute atomic E-state index is 14.4. The van der Waals surface area contributed by atoms with Crippen LogP contribution < -0.4 is 5.32 Å². The first-order valence-corrected chi connectivity index (χ1v) is 14.2. The third-order valence-electron chi connectivity index (χ3n) is 8.10. The highest BCUT2D eigenvalue weighted by Gasteiger charge is 2.34. The van der Waals surface area contributed by atoms with Crippen LogP contribution in [0.25, 0.3) is 22.0 Å². The molecular formula is C33H37FN4O4. The number of likely N-dealkylation sites (N-methyl/N-ethyl adjacent to an activating group) is 1. The molecule has 0 aliphatic carbocycles. The van der Waals surface area contributed by atoms with Crippen LogP contribution in [0.2, 0.25) is 0 Å². The first-order chi connectivity index (χ1) is 20.2. The number of carbonyl (C=O) groups excluding carboxylic acids is 2. The molecule has 9 heteroatoms. The molecule has 4 aromatic rings. The van der Waals surface area contributed by atoms with Gasteiger partial charge in [-0.3, -0.25) is 4.79 Å². The van der Waals surface area contributed by atoms with Gasteiger partial charge in [-0.2, -0.15) is 0 Å². The quantitative estimate of drug-likeness (QED) is 0.330. The van der Waals surface area contributed by atoms with Gasteiger partial charge in [0.15, 0.2) is 0 Å². The van der Waals surface area contributed by atoms with Gasteiger partial charge in [0.25, 0.3) is 5.91 Å². The van der Waals surface area contributed by atoms with Crippen molar-refractivity contribution in [3.8, 4) is 11.1 Å². The summed E-state index contributed by atoms with van der Waals surface area (Å²) >= 11 is 0. The number of fused-ring (bicyclic) bond motifs is 5. The number of nitrogens with one attached hydrogen (secondary N) is 1. The molecule has 0 bridgehead atoms. The van der Waals surface area contributed by atoms with Crippen LogP contribution in [-0.2, 0) is 18.4 Å². The molecule has 2 N–H and O–H groups in total. The van der Waals surface area contributed by atoms with E-state index in [1.807, 2.05) is 74.0 Å². The van der Waals surface area contributed by atoms with Crippen molar-refractivity contribution in [2.45, 2.75) is 32.6 Å². The van der Waals surface area contributed by atoms with Crippen LogP contribution in [0, 0.1) is 11.7 Å². The summed E-state index contributed by atoms with van der Waals surface area (Å²) in [4.78, 5) is 30.7. The molecule has 0 unspecified atom stereocenters. The summed E-state index contributed by atoms with van der Waals surface area (Å²) in [6, 6.07) is 20.7. The zero-order chi connectivity index (χ0) is 30.0. The van der Waals surface area contributed by atoms with Crippen molar-refractivity contribution in [1.29, 1.82) is 0 Å². The van der Waals surface area contributed by atoms with Gasteiger partial charge in [-0.05, 0) is 42.3 Å². The second-order valence-electron chi connectivity index (χ2n) is 11.1. The molecule has 3 atom stereocenters. The Balaban J connectivity index is 1.53. The highest BCUT2D eigenvalue weighted by molar-refractivity contribution is 6.10. The lowest BCUT2D eigenvalue weighted by Gasteiger charge is -2.35. The van der Waals surface area contributed by atoms with Crippen molar-refractivity contribution >= 4 is 28.5 Å².